The number of furan rings is 1. The number of esters is 1. The summed E-state index contributed by atoms with van der Waals surface area (Å²) in [6, 6.07) is 8.91. The topological polar surface area (TPSA) is 65.5 Å². The molecule has 1 heterocycles. The number of carbonyl (C=O) groups excluding carboxylic acids is 1. The van der Waals surface area contributed by atoms with Crippen LogP contribution in [0.15, 0.2) is 47.4 Å². The maximum atomic E-state index is 11.6. The summed E-state index contributed by atoms with van der Waals surface area (Å²) in [5.74, 6) is 0.236. The second kappa shape index (κ2) is 5.44. The Morgan fingerprint density at radius 3 is 2.89 bits per heavy atom. The number of hydrogen-bond acceptors (Lipinski definition) is 4. The quantitative estimate of drug-likeness (QED) is 0.519. The van der Waals surface area contributed by atoms with E-state index in [-0.39, 0.29) is 12.4 Å². The molecule has 1 aromatic heterocycles. The van der Waals surface area contributed by atoms with E-state index in [2.05, 4.69) is 6.58 Å². The van der Waals surface area contributed by atoms with Gasteiger partial charge in [0.05, 0.1) is 0 Å². The van der Waals surface area contributed by atoms with Crippen molar-refractivity contribution >= 4 is 11.7 Å². The molecule has 0 saturated carbocycles. The normalized spacial score (nSPS) is 10.2. The van der Waals surface area contributed by atoms with Crippen LogP contribution in [0.1, 0.15) is 16.1 Å². The van der Waals surface area contributed by atoms with E-state index in [9.17, 15) is 4.79 Å². The first kappa shape index (κ1) is 13.0. The molecule has 19 heavy (non-hydrogen) atoms. The van der Waals surface area contributed by atoms with Crippen LogP contribution >= 0.6 is 0 Å². The first-order chi connectivity index (χ1) is 9.11. The van der Waals surface area contributed by atoms with Crippen molar-refractivity contribution in [3.05, 3.63) is 54.3 Å². The number of ether oxygens (including phenoxy) is 1. The van der Waals surface area contributed by atoms with Gasteiger partial charge in [0.1, 0.15) is 12.4 Å². The summed E-state index contributed by atoms with van der Waals surface area (Å²) < 4.78 is 10.4. The number of hydrogen-bond donors (Lipinski definition) is 1. The molecule has 0 radical (unpaired) electrons. The molecule has 0 atom stereocenters. The molecule has 2 aromatic rings. The molecule has 0 amide bonds. The van der Waals surface area contributed by atoms with Crippen LogP contribution in [0.3, 0.4) is 0 Å². The maximum Gasteiger partial charge on any atom is 0.374 e. The minimum atomic E-state index is -0.508. The Labute approximate surface area is 111 Å². The van der Waals surface area contributed by atoms with Crippen LogP contribution in [0.2, 0.25) is 0 Å². The van der Waals surface area contributed by atoms with Gasteiger partial charge in [-0.05, 0) is 30.7 Å². The predicted molar refractivity (Wildman–Crippen MR) is 73.8 cm³/mol. The van der Waals surface area contributed by atoms with Gasteiger partial charge < -0.3 is 14.9 Å². The number of carbonyl (C=O) groups is 1. The van der Waals surface area contributed by atoms with Gasteiger partial charge in [0, 0.05) is 11.3 Å². The smallest absolute Gasteiger partial charge is 0.374 e. The summed E-state index contributed by atoms with van der Waals surface area (Å²) >= 11 is 0. The predicted octanol–water partition coefficient (Wildman–Crippen LogP) is 3.18. The minimum Gasteiger partial charge on any atom is -0.456 e. The molecular formula is C15H15NO3. The van der Waals surface area contributed by atoms with E-state index in [1.165, 1.54) is 6.08 Å². The number of aryl methyl sites for hydroxylation is 1. The highest BCUT2D eigenvalue weighted by molar-refractivity contribution is 5.87. The van der Waals surface area contributed by atoms with Crippen LogP contribution in [0.5, 0.6) is 0 Å². The van der Waals surface area contributed by atoms with Crippen LogP contribution in [0.25, 0.3) is 11.3 Å². The van der Waals surface area contributed by atoms with E-state index in [0.29, 0.717) is 11.4 Å². The van der Waals surface area contributed by atoms with E-state index in [4.69, 9.17) is 14.9 Å². The van der Waals surface area contributed by atoms with E-state index in [0.717, 1.165) is 11.1 Å². The lowest BCUT2D eigenvalue weighted by Gasteiger charge is -2.02. The van der Waals surface area contributed by atoms with E-state index < -0.39 is 5.97 Å². The highest BCUT2D eigenvalue weighted by Gasteiger charge is 2.13. The molecule has 4 heteroatoms. The summed E-state index contributed by atoms with van der Waals surface area (Å²) in [6.07, 6.45) is 1.50. The van der Waals surface area contributed by atoms with Crippen molar-refractivity contribution in [2.24, 2.45) is 0 Å². The molecule has 2 rings (SSSR count). The first-order valence-electron chi connectivity index (χ1n) is 5.86. The number of rotatable bonds is 4. The molecule has 4 nitrogen and oxygen atoms in total. The fraction of sp³-hybridized carbons (Fsp3) is 0.133. The molecule has 0 aliphatic rings. The molecule has 0 spiro atoms. The average Bonchev–Trinajstić information content (AvgIpc) is 2.89. The van der Waals surface area contributed by atoms with Gasteiger partial charge in [-0.2, -0.15) is 0 Å². The summed E-state index contributed by atoms with van der Waals surface area (Å²) in [6.45, 7) is 5.56. The zero-order valence-electron chi connectivity index (χ0n) is 10.7. The third kappa shape index (κ3) is 2.85. The van der Waals surface area contributed by atoms with Crippen LogP contribution < -0.4 is 5.73 Å². The number of benzene rings is 1. The fourth-order valence-electron chi connectivity index (χ4n) is 1.60. The molecule has 98 valence electrons. The van der Waals surface area contributed by atoms with Gasteiger partial charge in [-0.15, -0.1) is 0 Å². The van der Waals surface area contributed by atoms with Gasteiger partial charge in [-0.1, -0.05) is 24.8 Å². The van der Waals surface area contributed by atoms with Gasteiger partial charge in [-0.25, -0.2) is 4.79 Å². The third-order valence-corrected chi connectivity index (χ3v) is 2.70. The Kier molecular flexibility index (Phi) is 3.71. The summed E-state index contributed by atoms with van der Waals surface area (Å²) in [4.78, 5) is 11.6. The van der Waals surface area contributed by atoms with Gasteiger partial charge in [0.25, 0.3) is 0 Å². The molecule has 2 N–H and O–H groups in total. The summed E-state index contributed by atoms with van der Waals surface area (Å²) in [5.41, 5.74) is 8.36. The van der Waals surface area contributed by atoms with Crippen molar-refractivity contribution in [3.8, 4) is 11.3 Å². The van der Waals surface area contributed by atoms with Gasteiger partial charge in [0.2, 0.25) is 5.76 Å². The zero-order chi connectivity index (χ0) is 13.8. The molecular weight excluding hydrogens is 242 g/mol. The van der Waals surface area contributed by atoms with Crippen molar-refractivity contribution in [3.63, 3.8) is 0 Å². The Morgan fingerprint density at radius 1 is 1.42 bits per heavy atom. The number of nitrogens with two attached hydrogens (primary N) is 1. The highest BCUT2D eigenvalue weighted by Crippen LogP contribution is 2.25. The standard InChI is InChI=1S/C15H15NO3/c1-3-8-18-15(17)14-7-6-13(19-14)11-5-4-10(2)12(16)9-11/h3-7,9H,1,8,16H2,2H3. The van der Waals surface area contributed by atoms with Crippen molar-refractivity contribution in [2.45, 2.75) is 6.92 Å². The van der Waals surface area contributed by atoms with Crippen LogP contribution in [0.4, 0.5) is 5.69 Å². The second-order valence-electron chi connectivity index (χ2n) is 4.12. The Balaban J connectivity index is 2.22. The van der Waals surface area contributed by atoms with Gasteiger partial charge >= 0.3 is 5.97 Å². The molecule has 0 saturated heterocycles. The van der Waals surface area contributed by atoms with Crippen molar-refractivity contribution < 1.29 is 13.9 Å². The van der Waals surface area contributed by atoms with Gasteiger partial charge in [0.15, 0.2) is 0 Å². The Bertz CT molecular complexity index is 614. The molecule has 0 aliphatic heterocycles. The monoisotopic (exact) mass is 257 g/mol. The van der Waals surface area contributed by atoms with E-state index in [1.807, 2.05) is 25.1 Å². The summed E-state index contributed by atoms with van der Waals surface area (Å²) in [7, 11) is 0. The maximum absolute atomic E-state index is 11.6. The summed E-state index contributed by atoms with van der Waals surface area (Å²) in [5, 5.41) is 0. The minimum absolute atomic E-state index is 0.159. The van der Waals surface area contributed by atoms with Gasteiger partial charge in [-0.3, -0.25) is 0 Å². The lowest BCUT2D eigenvalue weighted by atomic mass is 10.1. The SMILES string of the molecule is C=CCOC(=O)c1ccc(-c2ccc(C)c(N)c2)o1. The molecule has 0 bridgehead atoms. The third-order valence-electron chi connectivity index (χ3n) is 2.70. The fourth-order valence-corrected chi connectivity index (χ4v) is 1.60. The van der Waals surface area contributed by atoms with E-state index >= 15 is 0 Å². The highest BCUT2D eigenvalue weighted by atomic mass is 16.5. The van der Waals surface area contributed by atoms with E-state index in [1.54, 1.807) is 12.1 Å². The van der Waals surface area contributed by atoms with Crippen molar-refractivity contribution in [1.82, 2.24) is 0 Å². The largest absolute Gasteiger partial charge is 0.456 e. The molecule has 0 unspecified atom stereocenters. The lowest BCUT2D eigenvalue weighted by Crippen LogP contribution is -2.03. The van der Waals surface area contributed by atoms with Crippen LogP contribution in [-0.4, -0.2) is 12.6 Å². The molecule has 0 aliphatic carbocycles. The average molecular weight is 257 g/mol. The van der Waals surface area contributed by atoms with Crippen LogP contribution in [-0.2, 0) is 4.74 Å². The Hall–Kier alpha value is -2.49. The second-order valence-corrected chi connectivity index (χ2v) is 4.12. The lowest BCUT2D eigenvalue weighted by molar-refractivity contribution is 0.0514. The number of nitrogen functional groups attached to an aromatic ring is 1. The molecule has 0 fully saturated rings. The van der Waals surface area contributed by atoms with Crippen molar-refractivity contribution in [2.75, 3.05) is 12.3 Å². The zero-order valence-corrected chi connectivity index (χ0v) is 10.7. The van der Waals surface area contributed by atoms with Crippen LogP contribution in [0, 0.1) is 6.92 Å². The molecule has 1 aromatic carbocycles. The Morgan fingerprint density at radius 2 is 2.21 bits per heavy atom. The number of anilines is 1. The van der Waals surface area contributed by atoms with Crippen molar-refractivity contribution in [1.29, 1.82) is 0 Å². The first-order valence-corrected chi connectivity index (χ1v) is 5.86.